The molecule has 0 atom stereocenters. The molecule has 21 heavy (non-hydrogen) atoms. The molecule has 0 aliphatic heterocycles. The molecule has 11 heteroatoms. The zero-order valence-corrected chi connectivity index (χ0v) is 16.9. The van der Waals surface area contributed by atoms with E-state index >= 15 is 0 Å². The Hall–Kier alpha value is 0.320. The van der Waals surface area contributed by atoms with Crippen LogP contribution in [-0.2, 0) is 20.2 Å². The number of hydrogen-bond donors (Lipinski definition) is 1. The van der Waals surface area contributed by atoms with Crippen LogP contribution < -0.4 is 64.8 Å². The van der Waals surface area contributed by atoms with Crippen molar-refractivity contribution in [3.8, 4) is 0 Å². The van der Waals surface area contributed by atoms with Gasteiger partial charge in [-0.2, -0.15) is 0 Å². The van der Waals surface area contributed by atoms with E-state index in [0.29, 0.717) is 6.07 Å². The quantitative estimate of drug-likeness (QED) is 0.324. The molecule has 0 heterocycles. The Morgan fingerprint density at radius 3 is 1.67 bits per heavy atom. The molecule has 0 amide bonds. The van der Waals surface area contributed by atoms with Gasteiger partial charge in [-0.3, -0.25) is 0 Å². The molecule has 0 bridgehead atoms. The number of nitrogen functional groups attached to an aromatic ring is 1. The third kappa shape index (κ3) is 4.41. The van der Waals surface area contributed by atoms with Gasteiger partial charge in [0.05, 0.1) is 15.5 Å². The fourth-order valence-electron chi connectivity index (χ4n) is 1.75. The topological polar surface area (TPSA) is 140 Å². The van der Waals surface area contributed by atoms with Crippen LogP contribution in [0, 0.1) is 0 Å². The van der Waals surface area contributed by atoms with Gasteiger partial charge in [-0.25, -0.2) is 16.8 Å². The summed E-state index contributed by atoms with van der Waals surface area (Å²) >= 11 is 0. The first-order valence-corrected chi connectivity index (χ1v) is 7.67. The van der Waals surface area contributed by atoms with Crippen LogP contribution >= 0.6 is 0 Å². The second kappa shape index (κ2) is 7.26. The summed E-state index contributed by atoms with van der Waals surface area (Å²) in [5, 5.41) is -0.00347. The maximum atomic E-state index is 11.1. The van der Waals surface area contributed by atoms with E-state index in [1.54, 1.807) is 0 Å². The van der Waals surface area contributed by atoms with Crippen LogP contribution in [0.3, 0.4) is 0 Å². The smallest absolute Gasteiger partial charge is 0.744 e. The minimum absolute atomic E-state index is 0. The van der Waals surface area contributed by atoms with E-state index in [1.165, 1.54) is 24.3 Å². The van der Waals surface area contributed by atoms with Gasteiger partial charge >= 0.3 is 59.1 Å². The van der Waals surface area contributed by atoms with Crippen LogP contribution in [-0.4, -0.2) is 25.9 Å². The van der Waals surface area contributed by atoms with Gasteiger partial charge in [0.2, 0.25) is 0 Å². The van der Waals surface area contributed by atoms with E-state index in [2.05, 4.69) is 0 Å². The van der Waals surface area contributed by atoms with E-state index in [1.807, 2.05) is 0 Å². The summed E-state index contributed by atoms with van der Waals surface area (Å²) in [4.78, 5) is -1.70. The molecule has 0 saturated heterocycles. The molecule has 7 nitrogen and oxygen atoms in total. The molecule has 0 aliphatic carbocycles. The third-order valence-electron chi connectivity index (χ3n) is 2.55. The van der Waals surface area contributed by atoms with Gasteiger partial charge in [0.25, 0.3) is 0 Å². The Morgan fingerprint density at radius 1 is 0.810 bits per heavy atom. The van der Waals surface area contributed by atoms with Crippen molar-refractivity contribution < 1.29 is 85.1 Å². The van der Waals surface area contributed by atoms with Crippen LogP contribution in [0.4, 0.5) is 5.69 Å². The van der Waals surface area contributed by atoms with Gasteiger partial charge in [0.1, 0.15) is 20.2 Å². The molecule has 0 aromatic heterocycles. The SMILES string of the molecule is Nc1c(S(=O)(=O)[O-])cc(S(=O)(=O)[O-])c2ccccc12.[Na+].[Na+]. The van der Waals surface area contributed by atoms with Gasteiger partial charge in [-0.05, 0) is 6.07 Å². The molecule has 0 aliphatic rings. The number of nitrogens with two attached hydrogens (primary N) is 1. The van der Waals surface area contributed by atoms with Crippen molar-refractivity contribution in [2.24, 2.45) is 0 Å². The van der Waals surface area contributed by atoms with E-state index < -0.39 is 30.0 Å². The van der Waals surface area contributed by atoms with Crippen LogP contribution in [0.1, 0.15) is 0 Å². The monoisotopic (exact) mass is 347 g/mol. The van der Waals surface area contributed by atoms with E-state index in [0.717, 1.165) is 0 Å². The second-order valence-corrected chi connectivity index (χ2v) is 6.44. The van der Waals surface area contributed by atoms with E-state index in [9.17, 15) is 25.9 Å². The summed E-state index contributed by atoms with van der Waals surface area (Å²) in [6, 6.07) is 6.07. The van der Waals surface area contributed by atoms with Gasteiger partial charge in [-0.15, -0.1) is 0 Å². The van der Waals surface area contributed by atoms with Crippen molar-refractivity contribution >= 4 is 36.7 Å². The zero-order chi connectivity index (χ0) is 14.4. The molecular weight excluding hydrogens is 340 g/mol. The summed E-state index contributed by atoms with van der Waals surface area (Å²) in [6.45, 7) is 0. The second-order valence-electron chi connectivity index (χ2n) is 3.74. The van der Waals surface area contributed by atoms with Crippen molar-refractivity contribution in [2.45, 2.75) is 9.79 Å². The van der Waals surface area contributed by atoms with Crippen molar-refractivity contribution in [2.75, 3.05) is 5.73 Å². The first kappa shape index (κ1) is 21.3. The summed E-state index contributed by atoms with van der Waals surface area (Å²) in [7, 11) is -9.92. The molecule has 2 aromatic rings. The van der Waals surface area contributed by atoms with Crippen LogP contribution in [0.5, 0.6) is 0 Å². The predicted molar refractivity (Wildman–Crippen MR) is 64.3 cm³/mol. The molecule has 0 unspecified atom stereocenters. The molecule has 2 rings (SSSR count). The van der Waals surface area contributed by atoms with E-state index in [-0.39, 0.29) is 75.6 Å². The Labute approximate surface area is 166 Å². The molecule has 0 saturated carbocycles. The first-order valence-electron chi connectivity index (χ1n) is 4.85. The molecule has 0 spiro atoms. The standard InChI is InChI=1S/C10H9NO6S2.2Na/c11-10-7-4-2-1-3-6(7)8(18(12,13)14)5-9(10)19(15,16)17;;/h1-5H,11H2,(H,12,13,14)(H,15,16,17);;/q;2*+1/p-2. The molecular formula is C10H7NNa2O6S2. The summed E-state index contributed by atoms with van der Waals surface area (Å²) in [5.41, 5.74) is 5.16. The summed E-state index contributed by atoms with van der Waals surface area (Å²) in [5.74, 6) is 0. The summed E-state index contributed by atoms with van der Waals surface area (Å²) < 4.78 is 66.6. The van der Waals surface area contributed by atoms with Crippen LogP contribution in [0.25, 0.3) is 10.8 Å². The van der Waals surface area contributed by atoms with Crippen LogP contribution in [0.15, 0.2) is 40.1 Å². The number of fused-ring (bicyclic) bond motifs is 1. The Balaban J connectivity index is 0.00000200. The first-order chi connectivity index (χ1) is 8.62. The number of benzene rings is 2. The van der Waals surface area contributed by atoms with E-state index in [4.69, 9.17) is 5.73 Å². The fraction of sp³-hybridized carbons (Fsp3) is 0. The molecule has 2 aromatic carbocycles. The van der Waals surface area contributed by atoms with Crippen molar-refractivity contribution in [3.63, 3.8) is 0 Å². The average molecular weight is 347 g/mol. The predicted octanol–water partition coefficient (Wildman–Crippen LogP) is -5.76. The van der Waals surface area contributed by atoms with Crippen LogP contribution in [0.2, 0.25) is 0 Å². The minimum Gasteiger partial charge on any atom is -0.744 e. The molecule has 102 valence electrons. The van der Waals surface area contributed by atoms with Gasteiger partial charge in [-0.1, -0.05) is 24.3 Å². The summed E-state index contributed by atoms with van der Waals surface area (Å²) in [6.07, 6.45) is 0. The molecule has 0 radical (unpaired) electrons. The largest absolute Gasteiger partial charge is 1.00 e. The van der Waals surface area contributed by atoms with Gasteiger partial charge in [0.15, 0.2) is 0 Å². The third-order valence-corrected chi connectivity index (χ3v) is 4.30. The Morgan fingerprint density at radius 2 is 1.24 bits per heavy atom. The zero-order valence-electron chi connectivity index (χ0n) is 11.2. The number of anilines is 1. The minimum atomic E-state index is -4.99. The number of rotatable bonds is 2. The number of hydrogen-bond acceptors (Lipinski definition) is 7. The Bertz CT molecular complexity index is 880. The van der Waals surface area contributed by atoms with Crippen molar-refractivity contribution in [1.29, 1.82) is 0 Å². The Kier molecular flexibility index (Phi) is 7.37. The van der Waals surface area contributed by atoms with Gasteiger partial charge < -0.3 is 14.8 Å². The maximum absolute atomic E-state index is 11.1. The maximum Gasteiger partial charge on any atom is 1.00 e. The fourth-order valence-corrected chi connectivity index (χ4v) is 3.18. The van der Waals surface area contributed by atoms with Crippen molar-refractivity contribution in [3.05, 3.63) is 30.3 Å². The van der Waals surface area contributed by atoms with Crippen molar-refractivity contribution in [1.82, 2.24) is 0 Å². The molecule has 2 N–H and O–H groups in total. The van der Waals surface area contributed by atoms with Gasteiger partial charge in [0, 0.05) is 10.8 Å². The normalized spacial score (nSPS) is 11.5. The molecule has 0 fully saturated rings. The average Bonchev–Trinajstić information content (AvgIpc) is 2.26.